The molecule has 0 saturated carbocycles. The van der Waals surface area contributed by atoms with Crippen LogP contribution in [0.2, 0.25) is 0 Å². The molecular weight excluding hydrogens is 241 g/mol. The van der Waals surface area contributed by atoms with Crippen LogP contribution in [0.5, 0.6) is 0 Å². The minimum Gasteiger partial charge on any atom is -0.316 e. The molecule has 2 rings (SSSR count). The molecule has 2 atom stereocenters. The average Bonchev–Trinajstić information content (AvgIpc) is 2.77. The standard InChI is InChI=1S/C13H23F3N2/c1-2-12(5-6-17-9-12)10-18-7-3-4-11(8-18)13(14,15)16/h11,17H,2-10H2,1H3. The van der Waals surface area contributed by atoms with E-state index in [0.717, 1.165) is 39.0 Å². The maximum Gasteiger partial charge on any atom is 0.393 e. The Morgan fingerprint density at radius 3 is 2.72 bits per heavy atom. The van der Waals surface area contributed by atoms with Gasteiger partial charge in [-0.1, -0.05) is 6.92 Å². The summed E-state index contributed by atoms with van der Waals surface area (Å²) in [5.41, 5.74) is 0.202. The number of hydrogen-bond acceptors (Lipinski definition) is 2. The molecule has 0 aromatic rings. The van der Waals surface area contributed by atoms with Crippen molar-refractivity contribution < 1.29 is 13.2 Å². The second kappa shape index (κ2) is 5.37. The molecule has 18 heavy (non-hydrogen) atoms. The molecule has 2 fully saturated rings. The SMILES string of the molecule is CCC1(CN2CCCC(C(F)(F)F)C2)CCNC1. The van der Waals surface area contributed by atoms with Crippen molar-refractivity contribution in [3.8, 4) is 0 Å². The molecule has 1 N–H and O–H groups in total. The lowest BCUT2D eigenvalue weighted by atomic mass is 9.82. The van der Waals surface area contributed by atoms with Gasteiger partial charge < -0.3 is 10.2 Å². The van der Waals surface area contributed by atoms with Gasteiger partial charge in [-0.15, -0.1) is 0 Å². The Labute approximate surface area is 107 Å². The van der Waals surface area contributed by atoms with E-state index in [1.807, 2.05) is 4.90 Å². The first-order chi connectivity index (χ1) is 8.45. The van der Waals surface area contributed by atoms with E-state index in [-0.39, 0.29) is 12.0 Å². The molecule has 0 aliphatic carbocycles. The minimum absolute atomic E-state index is 0.200. The molecule has 5 heteroatoms. The summed E-state index contributed by atoms with van der Waals surface area (Å²) in [5.74, 6) is -1.12. The van der Waals surface area contributed by atoms with Crippen LogP contribution in [0.4, 0.5) is 13.2 Å². The Hall–Kier alpha value is -0.290. The van der Waals surface area contributed by atoms with E-state index in [0.29, 0.717) is 12.8 Å². The molecule has 2 saturated heterocycles. The van der Waals surface area contributed by atoms with Gasteiger partial charge in [0, 0.05) is 19.6 Å². The van der Waals surface area contributed by atoms with Crippen molar-refractivity contribution >= 4 is 0 Å². The van der Waals surface area contributed by atoms with E-state index >= 15 is 0 Å². The number of nitrogens with zero attached hydrogens (tertiary/aromatic N) is 1. The first-order valence-electron chi connectivity index (χ1n) is 6.95. The third-order valence-corrected chi connectivity index (χ3v) is 4.61. The fourth-order valence-corrected chi connectivity index (χ4v) is 3.28. The molecule has 2 nitrogen and oxygen atoms in total. The highest BCUT2D eigenvalue weighted by molar-refractivity contribution is 4.91. The van der Waals surface area contributed by atoms with Crippen LogP contribution in [-0.4, -0.2) is 43.8 Å². The normalized spacial score (nSPS) is 35.0. The van der Waals surface area contributed by atoms with Crippen LogP contribution in [-0.2, 0) is 0 Å². The Balaban J connectivity index is 1.93. The molecular formula is C13H23F3N2. The number of alkyl halides is 3. The number of hydrogen-bond donors (Lipinski definition) is 1. The van der Waals surface area contributed by atoms with Gasteiger partial charge in [-0.3, -0.25) is 0 Å². The number of halogens is 3. The zero-order valence-corrected chi connectivity index (χ0v) is 11.0. The van der Waals surface area contributed by atoms with Crippen molar-refractivity contribution in [1.82, 2.24) is 10.2 Å². The van der Waals surface area contributed by atoms with Gasteiger partial charge >= 0.3 is 6.18 Å². The number of rotatable bonds is 3. The van der Waals surface area contributed by atoms with Crippen molar-refractivity contribution in [1.29, 1.82) is 0 Å². The van der Waals surface area contributed by atoms with E-state index in [2.05, 4.69) is 12.2 Å². The van der Waals surface area contributed by atoms with E-state index in [4.69, 9.17) is 0 Å². The van der Waals surface area contributed by atoms with Crippen LogP contribution in [0, 0.1) is 11.3 Å². The van der Waals surface area contributed by atoms with Crippen molar-refractivity contribution in [2.75, 3.05) is 32.7 Å². The summed E-state index contributed by atoms with van der Waals surface area (Å²) in [6, 6.07) is 0. The van der Waals surface area contributed by atoms with Gasteiger partial charge in [0.15, 0.2) is 0 Å². The van der Waals surface area contributed by atoms with Crippen LogP contribution >= 0.6 is 0 Å². The number of nitrogens with one attached hydrogen (secondary N) is 1. The maximum absolute atomic E-state index is 12.8. The quantitative estimate of drug-likeness (QED) is 0.843. The fraction of sp³-hybridized carbons (Fsp3) is 1.00. The summed E-state index contributed by atoms with van der Waals surface area (Å²) < 4.78 is 38.3. The lowest BCUT2D eigenvalue weighted by Gasteiger charge is -2.39. The summed E-state index contributed by atoms with van der Waals surface area (Å²) >= 11 is 0. The van der Waals surface area contributed by atoms with E-state index < -0.39 is 12.1 Å². The van der Waals surface area contributed by atoms with Gasteiger partial charge in [-0.05, 0) is 44.2 Å². The zero-order valence-electron chi connectivity index (χ0n) is 11.0. The van der Waals surface area contributed by atoms with Crippen LogP contribution in [0.1, 0.15) is 32.6 Å². The van der Waals surface area contributed by atoms with E-state index in [1.165, 1.54) is 0 Å². The molecule has 2 aliphatic rings. The molecule has 0 radical (unpaired) electrons. The number of likely N-dealkylation sites (tertiary alicyclic amines) is 1. The molecule has 106 valence electrons. The van der Waals surface area contributed by atoms with Crippen molar-refractivity contribution in [2.45, 2.75) is 38.8 Å². The highest BCUT2D eigenvalue weighted by Gasteiger charge is 2.43. The maximum atomic E-state index is 12.8. The third-order valence-electron chi connectivity index (χ3n) is 4.61. The number of piperidine rings is 1. The zero-order chi connectivity index (χ0) is 13.2. The Kier molecular flexibility index (Phi) is 4.22. The molecule has 2 aliphatic heterocycles. The molecule has 0 aromatic carbocycles. The summed E-state index contributed by atoms with van der Waals surface area (Å²) in [6.07, 6.45) is -0.898. The largest absolute Gasteiger partial charge is 0.393 e. The molecule has 0 spiro atoms. The highest BCUT2D eigenvalue weighted by Crippen LogP contribution is 2.36. The minimum atomic E-state index is -4.02. The lowest BCUT2D eigenvalue weighted by molar-refractivity contribution is -0.187. The molecule has 0 aromatic heterocycles. The molecule has 0 amide bonds. The second-order valence-electron chi connectivity index (χ2n) is 5.90. The highest BCUT2D eigenvalue weighted by atomic mass is 19.4. The molecule has 2 unspecified atom stereocenters. The Morgan fingerprint density at radius 1 is 1.39 bits per heavy atom. The van der Waals surface area contributed by atoms with Crippen LogP contribution in [0.3, 0.4) is 0 Å². The summed E-state index contributed by atoms with van der Waals surface area (Å²) in [6.45, 7) is 5.96. The van der Waals surface area contributed by atoms with Gasteiger partial charge in [-0.2, -0.15) is 13.2 Å². The first kappa shape index (κ1) is 14.1. The molecule has 0 bridgehead atoms. The fourth-order valence-electron chi connectivity index (χ4n) is 3.28. The lowest BCUT2D eigenvalue weighted by Crippen LogP contribution is -2.47. The summed E-state index contributed by atoms with van der Waals surface area (Å²) in [4.78, 5) is 2.04. The van der Waals surface area contributed by atoms with Crippen LogP contribution < -0.4 is 5.32 Å². The monoisotopic (exact) mass is 264 g/mol. The van der Waals surface area contributed by atoms with Crippen LogP contribution in [0.15, 0.2) is 0 Å². The second-order valence-corrected chi connectivity index (χ2v) is 5.90. The first-order valence-corrected chi connectivity index (χ1v) is 6.95. The Morgan fingerprint density at radius 2 is 2.17 bits per heavy atom. The topological polar surface area (TPSA) is 15.3 Å². The molecule has 2 heterocycles. The van der Waals surface area contributed by atoms with Gasteiger partial charge in [0.05, 0.1) is 5.92 Å². The smallest absolute Gasteiger partial charge is 0.316 e. The Bertz CT molecular complexity index is 272. The van der Waals surface area contributed by atoms with Crippen LogP contribution in [0.25, 0.3) is 0 Å². The predicted octanol–water partition coefficient (Wildman–Crippen LogP) is 2.65. The van der Waals surface area contributed by atoms with Crippen molar-refractivity contribution in [3.05, 3.63) is 0 Å². The predicted molar refractivity (Wildman–Crippen MR) is 65.4 cm³/mol. The van der Waals surface area contributed by atoms with E-state index in [1.54, 1.807) is 0 Å². The third kappa shape index (κ3) is 3.18. The van der Waals surface area contributed by atoms with Gasteiger partial charge in [0.1, 0.15) is 0 Å². The van der Waals surface area contributed by atoms with Gasteiger partial charge in [-0.25, -0.2) is 0 Å². The summed E-state index contributed by atoms with van der Waals surface area (Å²) in [5, 5.41) is 3.35. The van der Waals surface area contributed by atoms with E-state index in [9.17, 15) is 13.2 Å². The van der Waals surface area contributed by atoms with Crippen molar-refractivity contribution in [2.24, 2.45) is 11.3 Å². The van der Waals surface area contributed by atoms with Crippen molar-refractivity contribution in [3.63, 3.8) is 0 Å². The van der Waals surface area contributed by atoms with Gasteiger partial charge in [0.25, 0.3) is 0 Å². The summed E-state index contributed by atoms with van der Waals surface area (Å²) in [7, 11) is 0. The average molecular weight is 264 g/mol. The van der Waals surface area contributed by atoms with Gasteiger partial charge in [0.2, 0.25) is 0 Å².